The topological polar surface area (TPSA) is 55.8 Å². The molecule has 0 radical (unpaired) electrons. The first-order chi connectivity index (χ1) is 9.00. The third kappa shape index (κ3) is 5.94. The van der Waals surface area contributed by atoms with Gasteiger partial charge in [0.1, 0.15) is 12.4 Å². The second-order valence-electron chi connectivity index (χ2n) is 4.59. The van der Waals surface area contributed by atoms with Gasteiger partial charge in [-0.3, -0.25) is 0 Å². The van der Waals surface area contributed by atoms with Gasteiger partial charge in [0.15, 0.2) is 0 Å². The molecule has 1 N–H and O–H groups in total. The van der Waals surface area contributed by atoms with E-state index in [2.05, 4.69) is 13.8 Å². The van der Waals surface area contributed by atoms with Crippen LogP contribution < -0.4 is 4.74 Å². The van der Waals surface area contributed by atoms with Crippen molar-refractivity contribution in [2.24, 2.45) is 5.92 Å². The van der Waals surface area contributed by atoms with Crippen LogP contribution in [0.15, 0.2) is 18.2 Å². The van der Waals surface area contributed by atoms with E-state index in [1.807, 2.05) is 0 Å². The van der Waals surface area contributed by atoms with Crippen LogP contribution in [0.25, 0.3) is 0 Å². The van der Waals surface area contributed by atoms with E-state index in [-0.39, 0.29) is 10.6 Å². The summed E-state index contributed by atoms with van der Waals surface area (Å²) < 4.78 is 10.8. The largest absolute Gasteiger partial charge is 0.491 e. The van der Waals surface area contributed by atoms with Gasteiger partial charge in [0, 0.05) is 6.61 Å². The van der Waals surface area contributed by atoms with Crippen molar-refractivity contribution in [1.82, 2.24) is 0 Å². The number of aromatic carboxylic acids is 1. The number of carbonyl (C=O) groups is 1. The van der Waals surface area contributed by atoms with Gasteiger partial charge in [-0.1, -0.05) is 25.4 Å². The molecular weight excluding hydrogens is 268 g/mol. The normalized spacial score (nSPS) is 10.7. The summed E-state index contributed by atoms with van der Waals surface area (Å²) in [6, 6.07) is 4.57. The maximum atomic E-state index is 10.9. The quantitative estimate of drug-likeness (QED) is 0.743. The van der Waals surface area contributed by atoms with E-state index >= 15 is 0 Å². The van der Waals surface area contributed by atoms with Crippen molar-refractivity contribution in [2.45, 2.75) is 20.3 Å². The van der Waals surface area contributed by atoms with Gasteiger partial charge in [-0.15, -0.1) is 0 Å². The summed E-state index contributed by atoms with van der Waals surface area (Å²) in [6.07, 6.45) is 1.02. The predicted molar refractivity (Wildman–Crippen MR) is 74.2 cm³/mol. The van der Waals surface area contributed by atoms with E-state index in [9.17, 15) is 4.79 Å². The Morgan fingerprint density at radius 3 is 2.68 bits per heavy atom. The van der Waals surface area contributed by atoms with E-state index in [0.29, 0.717) is 31.5 Å². The molecule has 0 aromatic heterocycles. The summed E-state index contributed by atoms with van der Waals surface area (Å²) >= 11 is 5.76. The lowest BCUT2D eigenvalue weighted by Gasteiger charge is -2.09. The maximum absolute atomic E-state index is 10.9. The Balaban J connectivity index is 2.34. The van der Waals surface area contributed by atoms with Crippen molar-refractivity contribution in [3.8, 4) is 5.75 Å². The molecule has 19 heavy (non-hydrogen) atoms. The highest BCUT2D eigenvalue weighted by Gasteiger charge is 2.09. The van der Waals surface area contributed by atoms with Crippen LogP contribution in [0, 0.1) is 5.92 Å². The first kappa shape index (κ1) is 15.8. The molecule has 0 heterocycles. The molecule has 0 spiro atoms. The first-order valence-corrected chi connectivity index (χ1v) is 6.62. The second-order valence-corrected chi connectivity index (χ2v) is 5.00. The number of ether oxygens (including phenoxy) is 2. The molecular formula is C14H19ClO4. The van der Waals surface area contributed by atoms with Crippen molar-refractivity contribution in [1.29, 1.82) is 0 Å². The molecule has 0 bridgehead atoms. The monoisotopic (exact) mass is 286 g/mol. The van der Waals surface area contributed by atoms with E-state index in [1.54, 1.807) is 6.07 Å². The Morgan fingerprint density at radius 2 is 2.05 bits per heavy atom. The van der Waals surface area contributed by atoms with Gasteiger partial charge in [-0.2, -0.15) is 0 Å². The number of carboxylic acids is 1. The summed E-state index contributed by atoms with van der Waals surface area (Å²) in [5.74, 6) is 0.0354. The molecule has 5 heteroatoms. The van der Waals surface area contributed by atoms with Gasteiger partial charge in [0.25, 0.3) is 0 Å². The molecule has 0 amide bonds. The maximum Gasteiger partial charge on any atom is 0.337 e. The molecule has 0 aliphatic heterocycles. The Kier molecular flexibility index (Phi) is 6.67. The van der Waals surface area contributed by atoms with Crippen LogP contribution in [-0.2, 0) is 4.74 Å². The Labute approximate surface area is 118 Å². The lowest BCUT2D eigenvalue weighted by molar-refractivity contribution is 0.0696. The smallest absolute Gasteiger partial charge is 0.337 e. The van der Waals surface area contributed by atoms with Gasteiger partial charge in [0.05, 0.1) is 17.2 Å². The van der Waals surface area contributed by atoms with Crippen molar-refractivity contribution >= 4 is 17.6 Å². The first-order valence-electron chi connectivity index (χ1n) is 6.24. The fourth-order valence-electron chi connectivity index (χ4n) is 1.40. The number of hydrogen-bond donors (Lipinski definition) is 1. The molecule has 0 aliphatic carbocycles. The Bertz CT molecular complexity index is 418. The third-order valence-corrected chi connectivity index (χ3v) is 2.83. The molecule has 0 aliphatic rings. The molecule has 1 rings (SSSR count). The number of carboxylic acid groups (broad SMARTS) is 1. The summed E-state index contributed by atoms with van der Waals surface area (Å²) in [5, 5.41) is 9.12. The highest BCUT2D eigenvalue weighted by molar-refractivity contribution is 6.33. The Morgan fingerprint density at radius 1 is 1.32 bits per heavy atom. The number of rotatable bonds is 8. The van der Waals surface area contributed by atoms with E-state index in [1.165, 1.54) is 12.1 Å². The molecule has 4 nitrogen and oxygen atoms in total. The van der Waals surface area contributed by atoms with Gasteiger partial charge in [-0.25, -0.2) is 4.79 Å². The van der Waals surface area contributed by atoms with E-state index in [0.717, 1.165) is 6.42 Å². The highest BCUT2D eigenvalue weighted by atomic mass is 35.5. The molecule has 0 saturated heterocycles. The molecule has 1 aromatic rings. The minimum atomic E-state index is -1.07. The summed E-state index contributed by atoms with van der Waals surface area (Å²) in [4.78, 5) is 10.9. The molecule has 1 aromatic carbocycles. The number of hydrogen-bond acceptors (Lipinski definition) is 3. The summed E-state index contributed by atoms with van der Waals surface area (Å²) in [7, 11) is 0. The lowest BCUT2D eigenvalue weighted by Crippen LogP contribution is -2.09. The SMILES string of the molecule is CC(C)CCOCCOc1ccc(Cl)c(C(=O)O)c1. The molecule has 106 valence electrons. The summed E-state index contributed by atoms with van der Waals surface area (Å²) in [5.41, 5.74) is 0.0416. The molecule has 0 unspecified atom stereocenters. The highest BCUT2D eigenvalue weighted by Crippen LogP contribution is 2.22. The minimum Gasteiger partial charge on any atom is -0.491 e. The van der Waals surface area contributed by atoms with Crippen LogP contribution in [0.1, 0.15) is 30.6 Å². The standard InChI is InChI=1S/C14H19ClO4/c1-10(2)5-6-18-7-8-19-11-3-4-13(15)12(9-11)14(16)17/h3-4,9-10H,5-8H2,1-2H3,(H,16,17). The van der Waals surface area contributed by atoms with Crippen molar-refractivity contribution in [3.63, 3.8) is 0 Å². The zero-order chi connectivity index (χ0) is 14.3. The average Bonchev–Trinajstić information content (AvgIpc) is 2.34. The van der Waals surface area contributed by atoms with Crippen LogP contribution in [0.4, 0.5) is 0 Å². The third-order valence-electron chi connectivity index (χ3n) is 2.50. The van der Waals surface area contributed by atoms with Crippen molar-refractivity contribution < 1.29 is 19.4 Å². The average molecular weight is 287 g/mol. The minimum absolute atomic E-state index is 0.0416. The fourth-order valence-corrected chi connectivity index (χ4v) is 1.60. The zero-order valence-electron chi connectivity index (χ0n) is 11.2. The van der Waals surface area contributed by atoms with Crippen LogP contribution in [0.2, 0.25) is 5.02 Å². The lowest BCUT2D eigenvalue weighted by atomic mass is 10.1. The van der Waals surface area contributed by atoms with Crippen molar-refractivity contribution in [2.75, 3.05) is 19.8 Å². The van der Waals surface area contributed by atoms with Crippen molar-refractivity contribution in [3.05, 3.63) is 28.8 Å². The van der Waals surface area contributed by atoms with E-state index < -0.39 is 5.97 Å². The van der Waals surface area contributed by atoms with Gasteiger partial charge < -0.3 is 14.6 Å². The molecule has 0 atom stereocenters. The predicted octanol–water partition coefficient (Wildman–Crippen LogP) is 3.48. The second kappa shape index (κ2) is 8.02. The van der Waals surface area contributed by atoms with Crippen LogP contribution in [-0.4, -0.2) is 30.9 Å². The van der Waals surface area contributed by atoms with Gasteiger partial charge in [-0.05, 0) is 30.5 Å². The van der Waals surface area contributed by atoms with Crippen LogP contribution in [0.5, 0.6) is 5.75 Å². The van der Waals surface area contributed by atoms with Gasteiger partial charge in [0.2, 0.25) is 0 Å². The van der Waals surface area contributed by atoms with Crippen LogP contribution >= 0.6 is 11.6 Å². The van der Waals surface area contributed by atoms with Gasteiger partial charge >= 0.3 is 5.97 Å². The molecule has 0 fully saturated rings. The Hall–Kier alpha value is -1.26. The number of benzene rings is 1. The van der Waals surface area contributed by atoms with E-state index in [4.69, 9.17) is 26.2 Å². The summed E-state index contributed by atoms with van der Waals surface area (Å²) in [6.45, 7) is 5.86. The molecule has 0 saturated carbocycles. The number of halogens is 1. The fraction of sp³-hybridized carbons (Fsp3) is 0.500. The zero-order valence-corrected chi connectivity index (χ0v) is 11.9. The van der Waals surface area contributed by atoms with Crippen LogP contribution in [0.3, 0.4) is 0 Å².